The highest BCUT2D eigenvalue weighted by Crippen LogP contribution is 2.57. The normalized spacial score (nSPS) is 26.7. The van der Waals surface area contributed by atoms with Crippen molar-refractivity contribution < 1.29 is 15.0 Å². The summed E-state index contributed by atoms with van der Waals surface area (Å²) in [6.45, 7) is 10.4. The molecule has 4 aliphatic rings. The summed E-state index contributed by atoms with van der Waals surface area (Å²) in [7, 11) is 0. The van der Waals surface area contributed by atoms with Crippen LogP contribution in [0.15, 0.2) is 82.9 Å². The summed E-state index contributed by atoms with van der Waals surface area (Å²) in [5.41, 5.74) is 7.96. The van der Waals surface area contributed by atoms with Crippen LogP contribution >= 0.6 is 0 Å². The van der Waals surface area contributed by atoms with Gasteiger partial charge in [0.25, 0.3) is 0 Å². The lowest BCUT2D eigenvalue weighted by molar-refractivity contribution is 0.0693. The number of hydrogen-bond donors (Lipinski definition) is 3. The van der Waals surface area contributed by atoms with E-state index in [9.17, 15) is 4.79 Å². The number of phenols is 1. The molecule has 33 heavy (non-hydrogen) atoms. The number of aromatic carboxylic acids is 1. The smallest absolute Gasteiger partial charge is 0.339 e. The van der Waals surface area contributed by atoms with Crippen LogP contribution in [0.4, 0.5) is 0 Å². The molecule has 5 heteroatoms. The predicted molar refractivity (Wildman–Crippen MR) is 132 cm³/mol. The van der Waals surface area contributed by atoms with Crippen LogP contribution in [0.5, 0.6) is 5.75 Å². The van der Waals surface area contributed by atoms with E-state index >= 15 is 0 Å². The first-order valence-electron chi connectivity index (χ1n) is 11.7. The van der Waals surface area contributed by atoms with Gasteiger partial charge < -0.3 is 20.4 Å². The number of hydrogen-bond acceptors (Lipinski definition) is 4. The molecule has 3 unspecified atom stereocenters. The fourth-order valence-corrected chi connectivity index (χ4v) is 5.65. The molecule has 0 aromatic heterocycles. The van der Waals surface area contributed by atoms with E-state index in [1.54, 1.807) is 29.0 Å². The first-order valence-corrected chi connectivity index (χ1v) is 11.7. The van der Waals surface area contributed by atoms with Crippen LogP contribution in [-0.4, -0.2) is 33.7 Å². The lowest BCUT2D eigenvalue weighted by atomic mass is 9.65. The second-order valence-corrected chi connectivity index (χ2v) is 9.75. The van der Waals surface area contributed by atoms with Crippen LogP contribution in [-0.2, 0) is 0 Å². The highest BCUT2D eigenvalue weighted by molar-refractivity contribution is 5.90. The molecule has 2 heterocycles. The molecule has 5 nitrogen and oxygen atoms in total. The van der Waals surface area contributed by atoms with Gasteiger partial charge in [0.2, 0.25) is 0 Å². The van der Waals surface area contributed by atoms with Crippen molar-refractivity contribution in [2.75, 3.05) is 6.54 Å². The van der Waals surface area contributed by atoms with Gasteiger partial charge in [-0.1, -0.05) is 49.3 Å². The molecule has 3 N–H and O–H groups in total. The second kappa shape index (κ2) is 8.97. The lowest BCUT2D eigenvalue weighted by Gasteiger charge is -2.46. The fraction of sp³-hybridized carbons (Fsp3) is 0.393. The SMILES string of the molecule is CC(C)=CCN1C2=C3CC1C(C)C1(C)C=CNC=CC3=C1CC2.O=C(O)c1ccccc1O. The average Bonchev–Trinajstić information content (AvgIpc) is 3.11. The van der Waals surface area contributed by atoms with Gasteiger partial charge >= 0.3 is 5.97 Å². The molecule has 174 valence electrons. The van der Waals surface area contributed by atoms with Gasteiger partial charge in [-0.05, 0) is 74.6 Å². The highest BCUT2D eigenvalue weighted by Gasteiger charge is 2.50. The maximum Gasteiger partial charge on any atom is 0.339 e. The maximum absolute atomic E-state index is 10.3. The van der Waals surface area contributed by atoms with Gasteiger partial charge in [-0.2, -0.15) is 0 Å². The summed E-state index contributed by atoms with van der Waals surface area (Å²) in [5.74, 6) is -0.689. The number of likely N-dealkylation sites (tertiary alicyclic amines) is 1. The number of carboxylic acids is 1. The monoisotopic (exact) mass is 446 g/mol. The van der Waals surface area contributed by atoms with E-state index in [-0.39, 0.29) is 16.7 Å². The van der Waals surface area contributed by atoms with Crippen LogP contribution in [0.3, 0.4) is 0 Å². The fourth-order valence-electron chi connectivity index (χ4n) is 5.65. The van der Waals surface area contributed by atoms with Crippen LogP contribution in [0, 0.1) is 11.3 Å². The number of benzene rings is 1. The summed E-state index contributed by atoms with van der Waals surface area (Å²) in [4.78, 5) is 13.0. The summed E-state index contributed by atoms with van der Waals surface area (Å²) in [6.07, 6.45) is 15.0. The van der Waals surface area contributed by atoms with Crippen molar-refractivity contribution in [3.63, 3.8) is 0 Å². The van der Waals surface area contributed by atoms with E-state index in [4.69, 9.17) is 10.2 Å². The van der Waals surface area contributed by atoms with Crippen LogP contribution in [0.1, 0.15) is 57.3 Å². The lowest BCUT2D eigenvalue weighted by Crippen LogP contribution is -2.44. The van der Waals surface area contributed by atoms with Gasteiger partial charge in [-0.15, -0.1) is 0 Å². The minimum Gasteiger partial charge on any atom is -0.507 e. The first kappa shape index (κ1) is 23.0. The zero-order valence-electron chi connectivity index (χ0n) is 19.9. The standard InChI is InChI=1S/C21H28N2.C7H6O3/c1-14(2)8-12-23-19-6-5-18-16-7-10-22-11-9-21(18,4)15(3)20(23)13-17(16)19;8-6-4-2-1-3-5(6)7(9)10/h7-11,15,20,22H,5-6,12-13H2,1-4H3;1-4,8H,(H,9,10). The average molecular weight is 447 g/mol. The molecular formula is C28H34N2O3. The number of rotatable bonds is 3. The van der Waals surface area contributed by atoms with Crippen molar-refractivity contribution in [3.8, 4) is 5.75 Å². The Morgan fingerprint density at radius 3 is 2.67 bits per heavy atom. The number of carboxylic acid groups (broad SMARTS) is 1. The Hall–Kier alpha value is -3.21. The predicted octanol–water partition coefficient (Wildman–Crippen LogP) is 5.75. The third-order valence-corrected chi connectivity index (χ3v) is 7.65. The molecule has 0 fully saturated rings. The van der Waals surface area contributed by atoms with Crippen LogP contribution in [0.25, 0.3) is 0 Å². The van der Waals surface area contributed by atoms with E-state index in [0.717, 1.165) is 6.54 Å². The largest absolute Gasteiger partial charge is 0.507 e. The number of para-hydroxylation sites is 1. The highest BCUT2D eigenvalue weighted by atomic mass is 16.4. The van der Waals surface area contributed by atoms with E-state index < -0.39 is 5.97 Å². The van der Waals surface area contributed by atoms with Crippen LogP contribution < -0.4 is 5.32 Å². The number of carbonyl (C=O) groups is 1. The Bertz CT molecular complexity index is 1100. The minimum absolute atomic E-state index is 0.0671. The molecule has 0 radical (unpaired) electrons. The number of fused-ring (bicyclic) bond motifs is 1. The Morgan fingerprint density at radius 1 is 1.24 bits per heavy atom. The van der Waals surface area contributed by atoms with Crippen molar-refractivity contribution in [2.24, 2.45) is 11.3 Å². The van der Waals surface area contributed by atoms with Crippen LogP contribution in [0.2, 0.25) is 0 Å². The molecule has 2 aliphatic heterocycles. The summed E-state index contributed by atoms with van der Waals surface area (Å²) >= 11 is 0. The van der Waals surface area contributed by atoms with E-state index in [2.05, 4.69) is 68.5 Å². The molecule has 5 bridgehead atoms. The molecule has 0 saturated heterocycles. The summed E-state index contributed by atoms with van der Waals surface area (Å²) < 4.78 is 0. The Morgan fingerprint density at radius 2 is 2.00 bits per heavy atom. The van der Waals surface area contributed by atoms with Crippen molar-refractivity contribution in [1.82, 2.24) is 10.2 Å². The molecule has 3 atom stereocenters. The molecule has 0 amide bonds. The molecule has 0 spiro atoms. The number of nitrogens with zero attached hydrogens (tertiary/aromatic N) is 1. The molecule has 5 rings (SSSR count). The van der Waals surface area contributed by atoms with Gasteiger partial charge in [0.15, 0.2) is 0 Å². The summed E-state index contributed by atoms with van der Waals surface area (Å²) in [6, 6.07) is 6.44. The molecule has 1 aromatic carbocycles. The van der Waals surface area contributed by atoms with Crippen molar-refractivity contribution in [2.45, 2.75) is 53.0 Å². The minimum atomic E-state index is -1.11. The van der Waals surface area contributed by atoms with Crippen molar-refractivity contribution in [1.29, 1.82) is 0 Å². The molecule has 1 aromatic rings. The molecule has 2 aliphatic carbocycles. The van der Waals surface area contributed by atoms with E-state index in [1.165, 1.54) is 42.5 Å². The third-order valence-electron chi connectivity index (χ3n) is 7.65. The zero-order chi connectivity index (χ0) is 23.8. The Labute approximate surface area is 196 Å². The molecular weight excluding hydrogens is 412 g/mol. The van der Waals surface area contributed by atoms with Crippen molar-refractivity contribution >= 4 is 5.97 Å². The van der Waals surface area contributed by atoms with Gasteiger partial charge in [-0.25, -0.2) is 4.79 Å². The first-order chi connectivity index (χ1) is 15.7. The van der Waals surface area contributed by atoms with Gasteiger partial charge in [0, 0.05) is 29.9 Å². The van der Waals surface area contributed by atoms with Gasteiger partial charge in [-0.3, -0.25) is 0 Å². The number of aromatic hydroxyl groups is 1. The zero-order valence-corrected chi connectivity index (χ0v) is 19.9. The van der Waals surface area contributed by atoms with E-state index in [1.807, 2.05) is 0 Å². The number of allylic oxidation sites excluding steroid dienone is 6. The topological polar surface area (TPSA) is 72.8 Å². The second-order valence-electron chi connectivity index (χ2n) is 9.75. The summed E-state index contributed by atoms with van der Waals surface area (Å²) in [5, 5.41) is 20.6. The quantitative estimate of drug-likeness (QED) is 0.516. The third kappa shape index (κ3) is 4.12. The Kier molecular flexibility index (Phi) is 6.24. The van der Waals surface area contributed by atoms with E-state index in [0.29, 0.717) is 12.0 Å². The van der Waals surface area contributed by atoms with Gasteiger partial charge in [0.05, 0.1) is 0 Å². The molecule has 0 saturated carbocycles. The van der Waals surface area contributed by atoms with Crippen molar-refractivity contribution in [3.05, 3.63) is 88.4 Å². The number of nitrogens with one attached hydrogen (secondary N) is 1. The Balaban J connectivity index is 0.000000219. The van der Waals surface area contributed by atoms with Gasteiger partial charge in [0.1, 0.15) is 11.3 Å². The maximum atomic E-state index is 10.3.